The Balaban J connectivity index is 1.56. The van der Waals surface area contributed by atoms with E-state index in [1.807, 2.05) is 12.1 Å². The van der Waals surface area contributed by atoms with Gasteiger partial charge in [0, 0.05) is 12.0 Å². The van der Waals surface area contributed by atoms with Crippen LogP contribution in [-0.4, -0.2) is 23.2 Å². The van der Waals surface area contributed by atoms with Crippen LogP contribution in [0.1, 0.15) is 43.6 Å². The molecule has 2 saturated carbocycles. The lowest BCUT2D eigenvalue weighted by molar-refractivity contribution is -0.117. The second-order valence-electron chi connectivity index (χ2n) is 5.82. The van der Waals surface area contributed by atoms with Crippen LogP contribution in [0.5, 0.6) is 0 Å². The zero-order valence-corrected chi connectivity index (χ0v) is 11.1. The highest BCUT2D eigenvalue weighted by molar-refractivity contribution is 5.92. The summed E-state index contributed by atoms with van der Waals surface area (Å²) in [6.45, 7) is 2.22. The first-order valence-electron chi connectivity index (χ1n) is 6.83. The van der Waals surface area contributed by atoms with Gasteiger partial charge in [0.2, 0.25) is 5.91 Å². The first-order chi connectivity index (χ1) is 9.12. The van der Waals surface area contributed by atoms with Crippen molar-refractivity contribution in [1.29, 1.82) is 0 Å². The van der Waals surface area contributed by atoms with Gasteiger partial charge in [-0.1, -0.05) is 6.92 Å². The molecule has 0 radical (unpaired) electrons. The maximum absolute atomic E-state index is 11.7. The summed E-state index contributed by atoms with van der Waals surface area (Å²) in [4.78, 5) is 11.7. The quantitative estimate of drug-likeness (QED) is 0.797. The number of aliphatic hydroxyl groups is 1. The van der Waals surface area contributed by atoms with Gasteiger partial charge in [0.1, 0.15) is 11.5 Å². The molecule has 2 fully saturated rings. The molecule has 2 aliphatic rings. The van der Waals surface area contributed by atoms with E-state index in [9.17, 15) is 4.79 Å². The van der Waals surface area contributed by atoms with Crippen molar-refractivity contribution in [2.75, 3.05) is 6.61 Å². The van der Waals surface area contributed by atoms with Crippen molar-refractivity contribution in [1.82, 2.24) is 5.32 Å². The van der Waals surface area contributed by atoms with Crippen molar-refractivity contribution in [2.45, 2.75) is 37.6 Å². The first-order valence-corrected chi connectivity index (χ1v) is 6.83. The number of carbonyl (C=O) groups excluding carboxylic acids is 1. The molecule has 4 heteroatoms. The van der Waals surface area contributed by atoms with Crippen molar-refractivity contribution in [3.8, 4) is 0 Å². The summed E-state index contributed by atoms with van der Waals surface area (Å²) < 4.78 is 5.68. The molecule has 0 aromatic carbocycles. The fourth-order valence-electron chi connectivity index (χ4n) is 2.31. The predicted molar refractivity (Wildman–Crippen MR) is 71.5 cm³/mol. The molecule has 0 aliphatic heterocycles. The fraction of sp³-hybridized carbons (Fsp3) is 0.533. The molecule has 4 nitrogen and oxygen atoms in total. The van der Waals surface area contributed by atoms with Gasteiger partial charge in [-0.25, -0.2) is 0 Å². The molecule has 2 atom stereocenters. The first kappa shape index (κ1) is 12.5. The largest absolute Gasteiger partial charge is 0.461 e. The van der Waals surface area contributed by atoms with E-state index < -0.39 is 0 Å². The Morgan fingerprint density at radius 3 is 2.89 bits per heavy atom. The van der Waals surface area contributed by atoms with E-state index in [-0.39, 0.29) is 18.1 Å². The second-order valence-corrected chi connectivity index (χ2v) is 5.82. The van der Waals surface area contributed by atoms with Gasteiger partial charge in [-0.3, -0.25) is 4.79 Å². The van der Waals surface area contributed by atoms with Crippen LogP contribution >= 0.6 is 0 Å². The number of nitrogens with one attached hydrogen (secondary N) is 1. The van der Waals surface area contributed by atoms with Crippen LogP contribution in [0.3, 0.4) is 0 Å². The Morgan fingerprint density at radius 1 is 1.58 bits per heavy atom. The van der Waals surface area contributed by atoms with Crippen LogP contribution in [0, 0.1) is 5.92 Å². The Kier molecular flexibility index (Phi) is 2.97. The molecule has 0 bridgehead atoms. The van der Waals surface area contributed by atoms with Crippen LogP contribution in [0.4, 0.5) is 0 Å². The van der Waals surface area contributed by atoms with Crippen LogP contribution in [0.25, 0.3) is 6.08 Å². The number of hydrogen-bond donors (Lipinski definition) is 2. The van der Waals surface area contributed by atoms with Gasteiger partial charge in [0.25, 0.3) is 0 Å². The smallest absolute Gasteiger partial charge is 0.244 e. The summed E-state index contributed by atoms with van der Waals surface area (Å²) >= 11 is 0. The average molecular weight is 261 g/mol. The minimum Gasteiger partial charge on any atom is -0.461 e. The van der Waals surface area contributed by atoms with E-state index in [2.05, 4.69) is 12.2 Å². The maximum atomic E-state index is 11.7. The zero-order valence-electron chi connectivity index (χ0n) is 11.1. The molecule has 1 aromatic heterocycles. The summed E-state index contributed by atoms with van der Waals surface area (Å²) in [6.07, 6.45) is 6.05. The van der Waals surface area contributed by atoms with Crippen molar-refractivity contribution < 1.29 is 14.3 Å². The molecule has 1 heterocycles. The lowest BCUT2D eigenvalue weighted by atomic mass is 10.2. The van der Waals surface area contributed by atoms with Crippen molar-refractivity contribution in [2.24, 2.45) is 5.92 Å². The van der Waals surface area contributed by atoms with Gasteiger partial charge in [-0.2, -0.15) is 0 Å². The van der Waals surface area contributed by atoms with E-state index in [1.54, 1.807) is 6.08 Å². The van der Waals surface area contributed by atoms with E-state index in [0.717, 1.165) is 18.6 Å². The monoisotopic (exact) mass is 261 g/mol. The highest BCUT2D eigenvalue weighted by Crippen LogP contribution is 2.47. The van der Waals surface area contributed by atoms with E-state index in [0.29, 0.717) is 17.6 Å². The van der Waals surface area contributed by atoms with E-state index in [4.69, 9.17) is 9.52 Å². The molecule has 0 saturated heterocycles. The highest BCUT2D eigenvalue weighted by atomic mass is 16.3. The minimum absolute atomic E-state index is 0.0110. The third-order valence-electron chi connectivity index (χ3n) is 4.07. The molecule has 102 valence electrons. The molecule has 1 aromatic rings. The summed E-state index contributed by atoms with van der Waals surface area (Å²) in [5, 5.41) is 11.9. The van der Waals surface area contributed by atoms with Gasteiger partial charge in [-0.05, 0) is 43.4 Å². The molecule has 2 unspecified atom stereocenters. The number of hydrogen-bond acceptors (Lipinski definition) is 3. The van der Waals surface area contributed by atoms with Gasteiger partial charge >= 0.3 is 0 Å². The number of amides is 1. The SMILES string of the molecule is CC1CC1c1ccc(/C=C/C(=O)NC2(CO)CC2)o1. The van der Waals surface area contributed by atoms with Crippen molar-refractivity contribution in [3.05, 3.63) is 29.7 Å². The topological polar surface area (TPSA) is 62.5 Å². The Morgan fingerprint density at radius 2 is 2.32 bits per heavy atom. The van der Waals surface area contributed by atoms with Crippen LogP contribution in [0.2, 0.25) is 0 Å². The number of furan rings is 1. The molecule has 1 amide bonds. The summed E-state index contributed by atoms with van der Waals surface area (Å²) in [5.41, 5.74) is -0.362. The molecule has 2 N–H and O–H groups in total. The summed E-state index contributed by atoms with van der Waals surface area (Å²) in [5.74, 6) is 2.81. The fourth-order valence-corrected chi connectivity index (χ4v) is 2.31. The standard InChI is InChI=1S/C15H19NO3/c1-10-8-12(10)13-4-2-11(19-13)3-5-14(18)16-15(9-17)6-7-15/h2-5,10,12,17H,6-9H2,1H3,(H,16,18)/b5-3+. The highest BCUT2D eigenvalue weighted by Gasteiger charge is 2.43. The molecule has 3 rings (SSSR count). The van der Waals surface area contributed by atoms with Gasteiger partial charge in [0.05, 0.1) is 12.1 Å². The van der Waals surface area contributed by atoms with Gasteiger partial charge < -0.3 is 14.8 Å². The summed E-state index contributed by atoms with van der Waals surface area (Å²) in [7, 11) is 0. The summed E-state index contributed by atoms with van der Waals surface area (Å²) in [6, 6.07) is 3.88. The second kappa shape index (κ2) is 4.53. The van der Waals surface area contributed by atoms with Gasteiger partial charge in [0.15, 0.2) is 0 Å². The number of rotatable bonds is 5. The van der Waals surface area contributed by atoms with E-state index in [1.165, 1.54) is 12.5 Å². The molecular weight excluding hydrogens is 242 g/mol. The molecular formula is C15H19NO3. The van der Waals surface area contributed by atoms with Crippen LogP contribution in [-0.2, 0) is 4.79 Å². The molecule has 0 spiro atoms. The number of carbonyl (C=O) groups is 1. The lowest BCUT2D eigenvalue weighted by Gasteiger charge is -2.11. The average Bonchev–Trinajstić information content (AvgIpc) is 3.28. The number of aliphatic hydroxyl groups excluding tert-OH is 1. The molecule has 19 heavy (non-hydrogen) atoms. The normalized spacial score (nSPS) is 27.5. The van der Waals surface area contributed by atoms with E-state index >= 15 is 0 Å². The maximum Gasteiger partial charge on any atom is 0.244 e. The Hall–Kier alpha value is -1.55. The third-order valence-corrected chi connectivity index (χ3v) is 4.07. The van der Waals surface area contributed by atoms with Gasteiger partial charge in [-0.15, -0.1) is 0 Å². The van der Waals surface area contributed by atoms with Crippen molar-refractivity contribution in [3.63, 3.8) is 0 Å². The minimum atomic E-state index is -0.362. The predicted octanol–water partition coefficient (Wildman–Crippen LogP) is 2.06. The van der Waals surface area contributed by atoms with Crippen LogP contribution < -0.4 is 5.32 Å². The Labute approximate surface area is 112 Å². The molecule has 2 aliphatic carbocycles. The Bertz CT molecular complexity index is 513. The van der Waals surface area contributed by atoms with Crippen LogP contribution in [0.15, 0.2) is 22.6 Å². The lowest BCUT2D eigenvalue weighted by Crippen LogP contribution is -2.38. The zero-order chi connectivity index (χ0) is 13.5. The third kappa shape index (κ3) is 2.73. The van der Waals surface area contributed by atoms with Crippen molar-refractivity contribution >= 4 is 12.0 Å².